The van der Waals surface area contributed by atoms with E-state index in [4.69, 9.17) is 5.11 Å². The van der Waals surface area contributed by atoms with E-state index in [0.29, 0.717) is 4.88 Å². The minimum atomic E-state index is -0.940. The Morgan fingerprint density at radius 3 is 2.48 bits per heavy atom. The number of aryl methyl sites for hydroxylation is 1. The molecule has 2 N–H and O–H groups in total. The Kier molecular flexibility index (Phi) is 5.11. The van der Waals surface area contributed by atoms with Crippen molar-refractivity contribution in [1.29, 1.82) is 0 Å². The average molecular weight is 303 g/mol. The van der Waals surface area contributed by atoms with Crippen LogP contribution in [0.2, 0.25) is 0 Å². The topological polar surface area (TPSA) is 66.4 Å². The van der Waals surface area contributed by atoms with Gasteiger partial charge in [0.2, 0.25) is 0 Å². The molecular formula is C16H17NO3S. The number of thiophene rings is 1. The maximum atomic E-state index is 12.2. The van der Waals surface area contributed by atoms with Gasteiger partial charge in [0.15, 0.2) is 0 Å². The third kappa shape index (κ3) is 4.16. The number of carboxylic acid groups (broad SMARTS) is 1. The van der Waals surface area contributed by atoms with Crippen LogP contribution in [0.1, 0.15) is 39.5 Å². The second kappa shape index (κ2) is 7.04. The Balaban J connectivity index is 2.14. The van der Waals surface area contributed by atoms with Crippen molar-refractivity contribution in [3.8, 4) is 0 Å². The molecule has 1 heterocycles. The number of carbonyl (C=O) groups excluding carboxylic acids is 1. The lowest BCUT2D eigenvalue weighted by molar-refractivity contribution is -0.137. The molecule has 0 aliphatic heterocycles. The van der Waals surface area contributed by atoms with Crippen LogP contribution in [0.3, 0.4) is 0 Å². The maximum Gasteiger partial charge on any atom is 0.305 e. The predicted octanol–water partition coefficient (Wildman–Crippen LogP) is 3.26. The lowest BCUT2D eigenvalue weighted by Crippen LogP contribution is -2.29. The normalized spacial score (nSPS) is 11.9. The van der Waals surface area contributed by atoms with Gasteiger partial charge in [-0.3, -0.25) is 9.59 Å². The molecule has 0 fully saturated rings. The van der Waals surface area contributed by atoms with Crippen molar-refractivity contribution in [2.24, 2.45) is 0 Å². The molecule has 1 aromatic heterocycles. The highest BCUT2D eigenvalue weighted by molar-refractivity contribution is 7.14. The Morgan fingerprint density at radius 1 is 1.19 bits per heavy atom. The van der Waals surface area contributed by atoms with E-state index in [2.05, 4.69) is 5.32 Å². The number of hydrogen-bond donors (Lipinski definition) is 2. The van der Waals surface area contributed by atoms with E-state index in [1.165, 1.54) is 11.3 Å². The summed E-state index contributed by atoms with van der Waals surface area (Å²) in [6.45, 7) is 2.03. The molecule has 4 nitrogen and oxygen atoms in total. The van der Waals surface area contributed by atoms with Crippen LogP contribution < -0.4 is 5.32 Å². The molecule has 0 bridgehead atoms. The van der Waals surface area contributed by atoms with E-state index < -0.39 is 12.0 Å². The van der Waals surface area contributed by atoms with Crippen molar-refractivity contribution in [3.63, 3.8) is 0 Å². The van der Waals surface area contributed by atoms with E-state index in [1.54, 1.807) is 6.07 Å². The molecule has 21 heavy (non-hydrogen) atoms. The van der Waals surface area contributed by atoms with Crippen LogP contribution in [0.4, 0.5) is 0 Å². The van der Waals surface area contributed by atoms with Crippen molar-refractivity contribution in [1.82, 2.24) is 5.32 Å². The van der Waals surface area contributed by atoms with Gasteiger partial charge in [-0.15, -0.1) is 11.3 Å². The fraction of sp³-hybridized carbons (Fsp3) is 0.250. The number of rotatable bonds is 6. The molecule has 0 radical (unpaired) electrons. The first-order valence-electron chi connectivity index (χ1n) is 6.76. The van der Waals surface area contributed by atoms with E-state index >= 15 is 0 Å². The van der Waals surface area contributed by atoms with Crippen LogP contribution in [0.5, 0.6) is 0 Å². The highest BCUT2D eigenvalue weighted by atomic mass is 32.1. The maximum absolute atomic E-state index is 12.2. The zero-order chi connectivity index (χ0) is 15.2. The van der Waals surface area contributed by atoms with Gasteiger partial charge in [-0.2, -0.15) is 0 Å². The van der Waals surface area contributed by atoms with Gasteiger partial charge >= 0.3 is 5.97 Å². The smallest absolute Gasteiger partial charge is 0.305 e. The summed E-state index contributed by atoms with van der Waals surface area (Å²) in [5.74, 6) is -1.17. The number of nitrogens with one attached hydrogen (secondary N) is 1. The first-order chi connectivity index (χ1) is 10.1. The summed E-state index contributed by atoms with van der Waals surface area (Å²) >= 11 is 1.44. The number of carbonyl (C=O) groups is 2. The summed E-state index contributed by atoms with van der Waals surface area (Å²) < 4.78 is 0. The summed E-state index contributed by atoms with van der Waals surface area (Å²) in [5.41, 5.74) is 0.792. The van der Waals surface area contributed by atoms with Gasteiger partial charge in [0.1, 0.15) is 0 Å². The van der Waals surface area contributed by atoms with Crippen LogP contribution in [0, 0.1) is 0 Å². The lowest BCUT2D eigenvalue weighted by Gasteiger charge is -2.16. The fourth-order valence-corrected chi connectivity index (χ4v) is 2.88. The summed E-state index contributed by atoms with van der Waals surface area (Å²) in [6, 6.07) is 12.3. The van der Waals surface area contributed by atoms with E-state index in [-0.39, 0.29) is 12.3 Å². The first kappa shape index (κ1) is 15.3. The Labute approximate surface area is 127 Å². The van der Waals surface area contributed by atoms with Gasteiger partial charge in [-0.25, -0.2) is 0 Å². The zero-order valence-corrected chi connectivity index (χ0v) is 12.5. The van der Waals surface area contributed by atoms with E-state index in [9.17, 15) is 9.59 Å². The van der Waals surface area contributed by atoms with Gasteiger partial charge in [-0.1, -0.05) is 37.3 Å². The second-order valence-corrected chi connectivity index (χ2v) is 5.82. The highest BCUT2D eigenvalue weighted by Gasteiger charge is 2.19. The predicted molar refractivity (Wildman–Crippen MR) is 82.6 cm³/mol. The van der Waals surface area contributed by atoms with Crippen molar-refractivity contribution in [3.05, 3.63) is 57.8 Å². The molecule has 2 rings (SSSR count). The molecule has 1 unspecified atom stereocenters. The Morgan fingerprint density at radius 2 is 1.90 bits per heavy atom. The van der Waals surface area contributed by atoms with Crippen LogP contribution in [-0.2, 0) is 11.2 Å². The zero-order valence-electron chi connectivity index (χ0n) is 11.7. The Bertz CT molecular complexity index is 621. The molecule has 1 amide bonds. The number of aliphatic carboxylic acids is 1. The Hall–Kier alpha value is -2.14. The molecule has 2 aromatic rings. The third-order valence-corrected chi connectivity index (χ3v) is 4.35. The van der Waals surface area contributed by atoms with Crippen LogP contribution in [0.15, 0.2) is 42.5 Å². The van der Waals surface area contributed by atoms with Crippen LogP contribution in [-0.4, -0.2) is 17.0 Å². The number of hydrogen-bond acceptors (Lipinski definition) is 3. The standard InChI is InChI=1S/C16H17NO3S/c1-2-12-8-9-14(21-12)16(20)17-13(10-15(18)19)11-6-4-3-5-7-11/h3-9,13H,2,10H2,1H3,(H,17,20)(H,18,19). The van der Waals surface area contributed by atoms with Crippen LogP contribution in [0.25, 0.3) is 0 Å². The molecule has 0 aliphatic rings. The van der Waals surface area contributed by atoms with Crippen molar-refractivity contribution in [2.75, 3.05) is 0 Å². The monoisotopic (exact) mass is 303 g/mol. The molecule has 1 atom stereocenters. The average Bonchev–Trinajstić information content (AvgIpc) is 2.96. The summed E-state index contributed by atoms with van der Waals surface area (Å²) in [7, 11) is 0. The molecule has 5 heteroatoms. The van der Waals surface area contributed by atoms with Crippen molar-refractivity contribution < 1.29 is 14.7 Å². The van der Waals surface area contributed by atoms with Crippen molar-refractivity contribution in [2.45, 2.75) is 25.8 Å². The first-order valence-corrected chi connectivity index (χ1v) is 7.58. The number of carboxylic acids is 1. The minimum Gasteiger partial charge on any atom is -0.481 e. The van der Waals surface area contributed by atoms with Gasteiger partial charge in [0, 0.05) is 4.88 Å². The van der Waals surface area contributed by atoms with Gasteiger partial charge in [0.05, 0.1) is 17.3 Å². The number of benzene rings is 1. The van der Waals surface area contributed by atoms with E-state index in [1.807, 2.05) is 43.3 Å². The molecular weight excluding hydrogens is 286 g/mol. The van der Waals surface area contributed by atoms with Crippen LogP contribution >= 0.6 is 11.3 Å². The SMILES string of the molecule is CCc1ccc(C(=O)NC(CC(=O)O)c2ccccc2)s1. The lowest BCUT2D eigenvalue weighted by atomic mass is 10.0. The highest BCUT2D eigenvalue weighted by Crippen LogP contribution is 2.20. The van der Waals surface area contributed by atoms with Gasteiger partial charge in [-0.05, 0) is 24.1 Å². The fourth-order valence-electron chi connectivity index (χ4n) is 2.03. The molecule has 0 saturated carbocycles. The molecule has 110 valence electrons. The molecule has 0 spiro atoms. The van der Waals surface area contributed by atoms with E-state index in [0.717, 1.165) is 16.9 Å². The van der Waals surface area contributed by atoms with Gasteiger partial charge in [0.25, 0.3) is 5.91 Å². The second-order valence-electron chi connectivity index (χ2n) is 4.65. The number of amides is 1. The summed E-state index contributed by atoms with van der Waals surface area (Å²) in [4.78, 5) is 25.0. The molecule has 0 aliphatic carbocycles. The largest absolute Gasteiger partial charge is 0.481 e. The molecule has 1 aromatic carbocycles. The van der Waals surface area contributed by atoms with Gasteiger partial charge < -0.3 is 10.4 Å². The minimum absolute atomic E-state index is 0.137. The third-order valence-electron chi connectivity index (χ3n) is 3.12. The molecule has 0 saturated heterocycles. The summed E-state index contributed by atoms with van der Waals surface area (Å²) in [6.07, 6.45) is 0.747. The summed E-state index contributed by atoms with van der Waals surface area (Å²) in [5, 5.41) is 11.8. The quantitative estimate of drug-likeness (QED) is 0.861. The van der Waals surface area contributed by atoms with Crippen molar-refractivity contribution >= 4 is 23.2 Å².